The van der Waals surface area contributed by atoms with Gasteiger partial charge in [0.25, 0.3) is 5.91 Å². The van der Waals surface area contributed by atoms with Gasteiger partial charge in [-0.05, 0) is 30.7 Å². The van der Waals surface area contributed by atoms with Crippen LogP contribution in [0.4, 0.5) is 5.69 Å². The van der Waals surface area contributed by atoms with Crippen molar-refractivity contribution in [3.8, 4) is 11.5 Å². The highest BCUT2D eigenvalue weighted by Gasteiger charge is 2.11. The van der Waals surface area contributed by atoms with Crippen LogP contribution in [0.15, 0.2) is 30.3 Å². The lowest BCUT2D eigenvalue weighted by atomic mass is 10.2. The summed E-state index contributed by atoms with van der Waals surface area (Å²) in [5, 5.41) is 13.1. The first-order valence-electron chi connectivity index (χ1n) is 6.23. The maximum atomic E-state index is 11.8. The average molecular weight is 361 g/mol. The highest BCUT2D eigenvalue weighted by atomic mass is 35.5. The lowest BCUT2D eigenvalue weighted by Gasteiger charge is -2.11. The van der Waals surface area contributed by atoms with E-state index < -0.39 is 5.91 Å². The summed E-state index contributed by atoms with van der Waals surface area (Å²) in [6.45, 7) is 1.55. The summed E-state index contributed by atoms with van der Waals surface area (Å²) in [6.07, 6.45) is 0. The Bertz CT molecular complexity index is 719. The molecule has 0 radical (unpaired) electrons. The Morgan fingerprint density at radius 1 is 1.14 bits per heavy atom. The van der Waals surface area contributed by atoms with E-state index in [0.717, 1.165) is 5.56 Å². The molecule has 1 amide bonds. The van der Waals surface area contributed by atoms with E-state index in [1.54, 1.807) is 18.2 Å². The van der Waals surface area contributed by atoms with Gasteiger partial charge in [0.1, 0.15) is 11.5 Å². The van der Waals surface area contributed by atoms with Gasteiger partial charge in [-0.2, -0.15) is 0 Å². The Morgan fingerprint density at radius 2 is 1.82 bits per heavy atom. The first kappa shape index (κ1) is 16.7. The molecule has 0 bridgehead atoms. The van der Waals surface area contributed by atoms with Crippen molar-refractivity contribution in [2.75, 3.05) is 11.9 Å². The third kappa shape index (κ3) is 4.19. The van der Waals surface area contributed by atoms with Gasteiger partial charge in [-0.15, -0.1) is 0 Å². The number of nitrogens with one attached hydrogen (secondary N) is 1. The number of ether oxygens (including phenoxy) is 1. The molecule has 0 aliphatic heterocycles. The summed E-state index contributed by atoms with van der Waals surface area (Å²) < 4.78 is 5.30. The molecule has 0 fully saturated rings. The van der Waals surface area contributed by atoms with E-state index in [4.69, 9.17) is 39.5 Å². The molecule has 22 heavy (non-hydrogen) atoms. The molecular formula is C15H12Cl3NO3. The minimum atomic E-state index is -0.443. The molecule has 4 nitrogen and oxygen atoms in total. The number of carbonyl (C=O) groups is 1. The molecule has 2 aromatic carbocycles. The molecule has 2 rings (SSSR count). The zero-order chi connectivity index (χ0) is 16.3. The number of carbonyl (C=O) groups excluding carboxylic acids is 1. The Balaban J connectivity index is 2.00. The van der Waals surface area contributed by atoms with Crippen LogP contribution in [0.5, 0.6) is 11.5 Å². The molecule has 2 aromatic rings. The van der Waals surface area contributed by atoms with Crippen LogP contribution in [0, 0.1) is 6.92 Å². The van der Waals surface area contributed by atoms with Crippen molar-refractivity contribution in [3.63, 3.8) is 0 Å². The van der Waals surface area contributed by atoms with Crippen molar-refractivity contribution < 1.29 is 14.6 Å². The fourth-order valence-corrected chi connectivity index (χ4v) is 2.28. The number of rotatable bonds is 4. The first-order valence-corrected chi connectivity index (χ1v) is 7.37. The van der Waals surface area contributed by atoms with Gasteiger partial charge in [0.15, 0.2) is 6.61 Å². The minimum Gasteiger partial charge on any atom is -0.506 e. The second-order valence-corrected chi connectivity index (χ2v) is 5.78. The molecule has 0 aromatic heterocycles. The third-order valence-corrected chi connectivity index (χ3v) is 3.78. The van der Waals surface area contributed by atoms with Gasteiger partial charge in [0.2, 0.25) is 0 Å². The van der Waals surface area contributed by atoms with Crippen molar-refractivity contribution >= 4 is 46.4 Å². The number of amides is 1. The SMILES string of the molecule is Cc1ccc(NC(=O)COc2cc(Cl)c(Cl)cc2Cl)c(O)c1. The van der Waals surface area contributed by atoms with Crippen molar-refractivity contribution in [1.29, 1.82) is 0 Å². The molecule has 0 unspecified atom stereocenters. The number of hydrogen-bond acceptors (Lipinski definition) is 3. The van der Waals surface area contributed by atoms with Crippen molar-refractivity contribution in [2.45, 2.75) is 6.92 Å². The van der Waals surface area contributed by atoms with E-state index in [0.29, 0.717) is 10.7 Å². The van der Waals surface area contributed by atoms with Crippen molar-refractivity contribution in [1.82, 2.24) is 0 Å². The largest absolute Gasteiger partial charge is 0.506 e. The van der Waals surface area contributed by atoms with Crippen LogP contribution in [0.1, 0.15) is 5.56 Å². The van der Waals surface area contributed by atoms with E-state index in [2.05, 4.69) is 5.32 Å². The summed E-state index contributed by atoms with van der Waals surface area (Å²) >= 11 is 17.6. The van der Waals surface area contributed by atoms with E-state index in [1.165, 1.54) is 12.1 Å². The first-order chi connectivity index (χ1) is 10.4. The Hall–Kier alpha value is -1.62. The summed E-state index contributed by atoms with van der Waals surface area (Å²) in [4.78, 5) is 11.8. The van der Waals surface area contributed by atoms with E-state index in [9.17, 15) is 9.90 Å². The minimum absolute atomic E-state index is 0.0130. The maximum Gasteiger partial charge on any atom is 0.262 e. The van der Waals surface area contributed by atoms with Gasteiger partial charge >= 0.3 is 0 Å². The fraction of sp³-hybridized carbons (Fsp3) is 0.133. The topological polar surface area (TPSA) is 58.6 Å². The van der Waals surface area contributed by atoms with Crippen molar-refractivity contribution in [3.05, 3.63) is 51.0 Å². The zero-order valence-corrected chi connectivity index (χ0v) is 13.8. The number of halogens is 3. The quantitative estimate of drug-likeness (QED) is 0.615. The standard InChI is InChI=1S/C15H12Cl3NO3/c1-8-2-3-12(13(20)4-8)19-15(21)7-22-14-6-10(17)9(16)5-11(14)18/h2-6,20H,7H2,1H3,(H,19,21). The van der Waals surface area contributed by atoms with Crippen LogP contribution in [-0.4, -0.2) is 17.6 Å². The Morgan fingerprint density at radius 3 is 2.50 bits per heavy atom. The molecule has 0 atom stereocenters. The van der Waals surface area contributed by atoms with E-state index >= 15 is 0 Å². The number of benzene rings is 2. The third-order valence-electron chi connectivity index (χ3n) is 2.76. The molecule has 0 spiro atoms. The molecule has 0 heterocycles. The molecule has 0 aliphatic carbocycles. The molecule has 116 valence electrons. The smallest absolute Gasteiger partial charge is 0.262 e. The van der Waals surface area contributed by atoms with E-state index in [1.807, 2.05) is 6.92 Å². The van der Waals surface area contributed by atoms with Crippen LogP contribution in [0.2, 0.25) is 15.1 Å². The van der Waals surface area contributed by atoms with Gasteiger partial charge in [0, 0.05) is 6.07 Å². The van der Waals surface area contributed by atoms with E-state index in [-0.39, 0.29) is 28.2 Å². The van der Waals surface area contributed by atoms with Gasteiger partial charge in [-0.1, -0.05) is 40.9 Å². The molecule has 2 N–H and O–H groups in total. The summed E-state index contributed by atoms with van der Waals surface area (Å²) in [5.74, 6) is -0.207. The molecule has 0 saturated heterocycles. The van der Waals surface area contributed by atoms with Gasteiger partial charge < -0.3 is 15.2 Å². The lowest BCUT2D eigenvalue weighted by Crippen LogP contribution is -2.20. The number of anilines is 1. The van der Waals surface area contributed by atoms with Gasteiger partial charge in [-0.3, -0.25) is 4.79 Å². The number of phenolic OH excluding ortho intramolecular Hbond substituents is 1. The van der Waals surface area contributed by atoms with Gasteiger partial charge in [0.05, 0.1) is 20.8 Å². The normalized spacial score (nSPS) is 10.4. The molecule has 0 aliphatic rings. The zero-order valence-electron chi connectivity index (χ0n) is 11.5. The monoisotopic (exact) mass is 359 g/mol. The molecular weight excluding hydrogens is 349 g/mol. The van der Waals surface area contributed by atoms with Crippen molar-refractivity contribution in [2.24, 2.45) is 0 Å². The predicted molar refractivity (Wildman–Crippen MR) is 88.4 cm³/mol. The Labute approximate surface area is 142 Å². The lowest BCUT2D eigenvalue weighted by molar-refractivity contribution is -0.118. The number of aromatic hydroxyl groups is 1. The predicted octanol–water partition coefficient (Wildman–Crippen LogP) is 4.68. The highest BCUT2D eigenvalue weighted by Crippen LogP contribution is 2.33. The highest BCUT2D eigenvalue weighted by molar-refractivity contribution is 6.43. The summed E-state index contributed by atoms with van der Waals surface area (Å²) in [6, 6.07) is 7.79. The fourth-order valence-electron chi connectivity index (χ4n) is 1.69. The summed E-state index contributed by atoms with van der Waals surface area (Å²) in [7, 11) is 0. The second-order valence-electron chi connectivity index (χ2n) is 4.55. The molecule has 0 saturated carbocycles. The van der Waals surface area contributed by atoms with Gasteiger partial charge in [-0.25, -0.2) is 0 Å². The Kier molecular flexibility index (Phi) is 5.40. The summed E-state index contributed by atoms with van der Waals surface area (Å²) in [5.41, 5.74) is 1.19. The molecule has 7 heteroatoms. The second kappa shape index (κ2) is 7.09. The van der Waals surface area contributed by atoms with Crippen LogP contribution in [0.3, 0.4) is 0 Å². The van der Waals surface area contributed by atoms with Crippen LogP contribution in [-0.2, 0) is 4.79 Å². The maximum absolute atomic E-state index is 11.8. The van der Waals surface area contributed by atoms with Crippen LogP contribution >= 0.6 is 34.8 Å². The van der Waals surface area contributed by atoms with Crippen LogP contribution < -0.4 is 10.1 Å². The number of aryl methyl sites for hydroxylation is 1. The number of phenols is 1. The van der Waals surface area contributed by atoms with Crippen LogP contribution in [0.25, 0.3) is 0 Å². The average Bonchev–Trinajstić information content (AvgIpc) is 2.44. The number of hydrogen-bond donors (Lipinski definition) is 2.